The normalized spacial score (nSPS) is 17.9. The average molecular weight is 585 g/mol. The molecular formula is C24H33ClN6O9. The molecule has 0 radical (unpaired) electrons. The van der Waals surface area contributed by atoms with Crippen molar-refractivity contribution in [3.05, 3.63) is 24.5 Å². The first kappa shape index (κ1) is 32.1. The van der Waals surface area contributed by atoms with E-state index in [0.717, 1.165) is 29.7 Å². The number of aromatic nitrogens is 1. The lowest BCUT2D eigenvalue weighted by molar-refractivity contribution is -0.159. The van der Waals surface area contributed by atoms with Crippen LogP contribution in [0.3, 0.4) is 0 Å². The van der Waals surface area contributed by atoms with Gasteiger partial charge >= 0.3 is 18.0 Å². The summed E-state index contributed by atoms with van der Waals surface area (Å²) in [5, 5.41) is 11.5. The predicted octanol–water partition coefficient (Wildman–Crippen LogP) is -1.05. The predicted molar refractivity (Wildman–Crippen MR) is 141 cm³/mol. The monoisotopic (exact) mass is 584 g/mol. The quantitative estimate of drug-likeness (QED) is 0.338. The van der Waals surface area contributed by atoms with Crippen LogP contribution in [-0.4, -0.2) is 133 Å². The third-order valence-corrected chi connectivity index (χ3v) is 6.60. The van der Waals surface area contributed by atoms with Gasteiger partial charge in [-0.1, -0.05) is 0 Å². The number of carboxylic acid groups (broad SMARTS) is 1. The maximum Gasteiger partial charge on any atom is 0.407 e. The molecule has 3 rings (SSSR count). The molecule has 2 atom stereocenters. The van der Waals surface area contributed by atoms with Gasteiger partial charge in [0.2, 0.25) is 17.7 Å². The number of carbonyl (C=O) groups excluding carboxylic acids is 5. The summed E-state index contributed by atoms with van der Waals surface area (Å²) < 4.78 is 9.28. The van der Waals surface area contributed by atoms with Crippen LogP contribution in [0.15, 0.2) is 24.5 Å². The zero-order chi connectivity index (χ0) is 28.5. The highest BCUT2D eigenvalue weighted by Crippen LogP contribution is 2.19. The minimum atomic E-state index is -1.39. The van der Waals surface area contributed by atoms with Gasteiger partial charge in [0.15, 0.2) is 0 Å². The fourth-order valence-corrected chi connectivity index (χ4v) is 4.54. The summed E-state index contributed by atoms with van der Waals surface area (Å²) in [5.41, 5.74) is 0.973. The second-order valence-corrected chi connectivity index (χ2v) is 8.95. The average Bonchev–Trinajstić information content (AvgIpc) is 2.94. The number of hydrogen-bond acceptors (Lipinski definition) is 10. The molecule has 1 aromatic rings. The Bertz CT molecular complexity index is 1080. The fraction of sp³-hybridized carbons (Fsp3) is 0.542. The number of esters is 1. The van der Waals surface area contributed by atoms with Crippen LogP contribution in [0.4, 0.5) is 10.5 Å². The van der Waals surface area contributed by atoms with E-state index in [0.29, 0.717) is 26.2 Å². The van der Waals surface area contributed by atoms with Gasteiger partial charge in [-0.2, -0.15) is 0 Å². The number of nitrogens with one attached hydrogen (secondary N) is 1. The van der Waals surface area contributed by atoms with Gasteiger partial charge in [0.25, 0.3) is 0 Å². The van der Waals surface area contributed by atoms with Crippen molar-refractivity contribution in [2.75, 3.05) is 64.9 Å². The SMILES string of the molecule is COC(=O)C[C@H]1C(=O)N(CC(=O)O)CCN1C(=O)[C@H](CC(=O)N1CCN(c2ccncc2)CC1)NC(=O)OC.Cl. The Balaban J connectivity index is 0.00000560. The van der Waals surface area contributed by atoms with E-state index in [1.165, 1.54) is 0 Å². The second-order valence-electron chi connectivity index (χ2n) is 8.95. The smallest absolute Gasteiger partial charge is 0.407 e. The van der Waals surface area contributed by atoms with Gasteiger partial charge in [-0.25, -0.2) is 4.79 Å². The molecule has 0 aromatic carbocycles. The minimum Gasteiger partial charge on any atom is -0.480 e. The lowest BCUT2D eigenvalue weighted by Crippen LogP contribution is -2.63. The van der Waals surface area contributed by atoms with E-state index in [1.54, 1.807) is 17.3 Å². The van der Waals surface area contributed by atoms with Crippen LogP contribution in [0.1, 0.15) is 12.8 Å². The van der Waals surface area contributed by atoms with E-state index in [-0.39, 0.29) is 31.4 Å². The van der Waals surface area contributed by atoms with Gasteiger partial charge in [-0.3, -0.25) is 29.0 Å². The number of methoxy groups -OCH3 is 2. The number of ether oxygens (including phenoxy) is 2. The van der Waals surface area contributed by atoms with Crippen LogP contribution in [0.25, 0.3) is 0 Å². The Kier molecular flexibility index (Phi) is 11.9. The zero-order valence-electron chi connectivity index (χ0n) is 22.2. The highest BCUT2D eigenvalue weighted by atomic mass is 35.5. The first-order valence-electron chi connectivity index (χ1n) is 12.3. The molecule has 0 spiro atoms. The van der Waals surface area contributed by atoms with Crippen molar-refractivity contribution in [1.82, 2.24) is 25.0 Å². The largest absolute Gasteiger partial charge is 0.480 e. The van der Waals surface area contributed by atoms with Crippen molar-refractivity contribution in [2.45, 2.75) is 24.9 Å². The molecule has 0 bridgehead atoms. The number of nitrogens with zero attached hydrogens (tertiary/aromatic N) is 5. The summed E-state index contributed by atoms with van der Waals surface area (Å²) in [7, 11) is 2.22. The molecule has 2 aliphatic rings. The molecule has 2 aliphatic heterocycles. The number of carboxylic acids is 1. The molecule has 3 heterocycles. The summed E-state index contributed by atoms with van der Waals surface area (Å²) in [4.78, 5) is 84.8. The van der Waals surface area contributed by atoms with Gasteiger partial charge in [0.05, 0.1) is 27.1 Å². The van der Waals surface area contributed by atoms with E-state index in [4.69, 9.17) is 5.11 Å². The zero-order valence-corrected chi connectivity index (χ0v) is 23.0. The van der Waals surface area contributed by atoms with Crippen LogP contribution in [0.2, 0.25) is 0 Å². The van der Waals surface area contributed by atoms with Crippen LogP contribution in [0.5, 0.6) is 0 Å². The number of carbonyl (C=O) groups is 6. The maximum absolute atomic E-state index is 13.6. The molecule has 1 aromatic heterocycles. The number of amides is 4. The molecule has 4 amide bonds. The lowest BCUT2D eigenvalue weighted by Gasteiger charge is -2.41. The van der Waals surface area contributed by atoms with Crippen molar-refractivity contribution >= 4 is 53.8 Å². The highest BCUT2D eigenvalue weighted by Gasteiger charge is 2.42. The lowest BCUT2D eigenvalue weighted by atomic mass is 10.0. The Morgan fingerprint density at radius 2 is 1.68 bits per heavy atom. The molecule has 2 fully saturated rings. The fourth-order valence-electron chi connectivity index (χ4n) is 4.54. The number of anilines is 1. The number of alkyl carbamates (subject to hydrolysis) is 1. The first-order valence-corrected chi connectivity index (χ1v) is 12.3. The molecule has 0 unspecified atom stereocenters. The third kappa shape index (κ3) is 8.18. The van der Waals surface area contributed by atoms with Gasteiger partial charge in [-0.15, -0.1) is 12.4 Å². The number of aliphatic carboxylic acids is 1. The van der Waals surface area contributed by atoms with Crippen LogP contribution < -0.4 is 10.2 Å². The number of piperazine rings is 2. The van der Waals surface area contributed by atoms with Crippen LogP contribution in [-0.2, 0) is 33.4 Å². The summed E-state index contributed by atoms with van der Waals surface area (Å²) in [6, 6.07) is 0.991. The molecule has 2 saturated heterocycles. The topological polar surface area (TPSA) is 179 Å². The summed E-state index contributed by atoms with van der Waals surface area (Å²) in [6.07, 6.45) is 1.48. The summed E-state index contributed by atoms with van der Waals surface area (Å²) in [5.74, 6) is -3.96. The minimum absolute atomic E-state index is 0. The molecule has 2 N–H and O–H groups in total. The molecule has 40 heavy (non-hydrogen) atoms. The number of hydrogen-bond donors (Lipinski definition) is 2. The van der Waals surface area contributed by atoms with Crippen molar-refractivity contribution in [2.24, 2.45) is 0 Å². The number of rotatable bonds is 9. The van der Waals surface area contributed by atoms with Gasteiger partial charge in [0, 0.05) is 57.3 Å². The van der Waals surface area contributed by atoms with Crippen LogP contribution in [0, 0.1) is 0 Å². The summed E-state index contributed by atoms with van der Waals surface area (Å²) >= 11 is 0. The highest BCUT2D eigenvalue weighted by molar-refractivity contribution is 5.97. The van der Waals surface area contributed by atoms with E-state index in [2.05, 4.69) is 24.7 Å². The van der Waals surface area contributed by atoms with Crippen LogP contribution >= 0.6 is 12.4 Å². The molecule has 0 saturated carbocycles. The first-order chi connectivity index (χ1) is 18.6. The summed E-state index contributed by atoms with van der Waals surface area (Å²) in [6.45, 7) is 1.06. The Morgan fingerprint density at radius 3 is 2.25 bits per heavy atom. The van der Waals surface area contributed by atoms with Crippen molar-refractivity contribution in [3.63, 3.8) is 0 Å². The van der Waals surface area contributed by atoms with Gasteiger partial charge in [0.1, 0.15) is 18.6 Å². The van der Waals surface area contributed by atoms with Crippen molar-refractivity contribution in [1.29, 1.82) is 0 Å². The Labute approximate surface area is 236 Å². The maximum atomic E-state index is 13.6. The van der Waals surface area contributed by atoms with E-state index < -0.39 is 61.3 Å². The Hall–Kier alpha value is -4.14. The van der Waals surface area contributed by atoms with Gasteiger partial charge in [-0.05, 0) is 12.1 Å². The van der Waals surface area contributed by atoms with Crippen molar-refractivity contribution < 1.29 is 43.3 Å². The van der Waals surface area contributed by atoms with Crippen molar-refractivity contribution in [3.8, 4) is 0 Å². The molecule has 220 valence electrons. The standard InChI is InChI=1S/C24H32N6O9.ClH/c1-38-21(34)14-18-23(36)29(15-20(32)33)11-12-30(18)22(35)17(26-24(37)39-2)13-19(31)28-9-7-27(8-10-28)16-3-5-25-6-4-16;/h3-6,17-18H,7-15H2,1-2H3,(H,26,37)(H,32,33);1H/t17-,18-;/m0./s1. The molecule has 16 heteroatoms. The Morgan fingerprint density at radius 1 is 1.02 bits per heavy atom. The van der Waals surface area contributed by atoms with E-state index in [1.807, 2.05) is 12.1 Å². The van der Waals surface area contributed by atoms with E-state index >= 15 is 0 Å². The molecular weight excluding hydrogens is 552 g/mol. The second kappa shape index (κ2) is 14.9. The van der Waals surface area contributed by atoms with E-state index in [9.17, 15) is 28.8 Å². The number of halogens is 1. The third-order valence-electron chi connectivity index (χ3n) is 6.60. The number of pyridine rings is 1. The van der Waals surface area contributed by atoms with Gasteiger partial charge < -0.3 is 39.5 Å². The molecule has 15 nitrogen and oxygen atoms in total. The molecule has 0 aliphatic carbocycles.